The van der Waals surface area contributed by atoms with E-state index in [1.165, 1.54) is 13.1 Å². The van der Waals surface area contributed by atoms with Crippen LogP contribution in [0.1, 0.15) is 26.7 Å². The molecular formula is C18H20ClN5O4S2. The number of thiophene rings is 1. The predicted octanol–water partition coefficient (Wildman–Crippen LogP) is 1.93. The normalized spacial score (nSPS) is 25.4. The average Bonchev–Trinajstić information content (AvgIpc) is 3.09. The third-order valence-electron chi connectivity index (χ3n) is 5.19. The number of nitrogens with zero attached hydrogens (tertiary/aromatic N) is 3. The van der Waals surface area contributed by atoms with Crippen molar-refractivity contribution >= 4 is 50.6 Å². The van der Waals surface area contributed by atoms with Gasteiger partial charge in [-0.05, 0) is 31.5 Å². The molecule has 12 heteroatoms. The second-order valence-corrected chi connectivity index (χ2v) is 10.7. The summed E-state index contributed by atoms with van der Waals surface area (Å²) in [7, 11) is -2.39. The van der Waals surface area contributed by atoms with E-state index in [2.05, 4.69) is 15.3 Å². The van der Waals surface area contributed by atoms with E-state index < -0.39 is 26.7 Å². The molecule has 1 saturated heterocycles. The highest BCUT2D eigenvalue weighted by molar-refractivity contribution is 7.90. The molecule has 0 aliphatic carbocycles. The van der Waals surface area contributed by atoms with Gasteiger partial charge in [0.15, 0.2) is 0 Å². The summed E-state index contributed by atoms with van der Waals surface area (Å²) in [6, 6.07) is 6.79. The third-order valence-corrected chi connectivity index (χ3v) is 9.20. The first kappa shape index (κ1) is 21.0. The molecule has 2 aliphatic rings. The quantitative estimate of drug-likeness (QED) is 0.707. The van der Waals surface area contributed by atoms with Crippen molar-refractivity contribution in [1.29, 1.82) is 0 Å². The van der Waals surface area contributed by atoms with Crippen LogP contribution in [0.25, 0.3) is 0 Å². The molecule has 3 N–H and O–H groups in total. The van der Waals surface area contributed by atoms with Gasteiger partial charge in [0.1, 0.15) is 16.6 Å². The maximum Gasteiger partial charge on any atom is 0.266 e. The number of nitrogens with one attached hydrogen (secondary N) is 1. The van der Waals surface area contributed by atoms with Crippen molar-refractivity contribution < 1.29 is 17.9 Å². The van der Waals surface area contributed by atoms with Gasteiger partial charge in [-0.25, -0.2) is 22.7 Å². The van der Waals surface area contributed by atoms with Gasteiger partial charge in [0, 0.05) is 19.3 Å². The number of rotatable bonds is 3. The maximum absolute atomic E-state index is 13.0. The number of ether oxygens (including phenoxy) is 1. The Morgan fingerprint density at radius 1 is 1.47 bits per heavy atom. The number of nitrogens with two attached hydrogens (primary N) is 1. The Morgan fingerprint density at radius 3 is 2.97 bits per heavy atom. The largest absolute Gasteiger partial charge is 0.378 e. The number of aliphatic imine (C=N–C) groups is 1. The lowest BCUT2D eigenvalue weighted by Gasteiger charge is -2.45. The molecule has 0 saturated carbocycles. The van der Waals surface area contributed by atoms with E-state index in [0.717, 1.165) is 21.3 Å². The fourth-order valence-electron chi connectivity index (χ4n) is 3.67. The average molecular weight is 470 g/mol. The lowest BCUT2D eigenvalue weighted by molar-refractivity contribution is 0.0390. The number of amides is 1. The topological polar surface area (TPSA) is 127 Å². The number of guanidine groups is 1. The first-order valence-corrected chi connectivity index (χ1v) is 11.8. The van der Waals surface area contributed by atoms with Gasteiger partial charge in [-0.3, -0.25) is 4.79 Å². The molecule has 2 aliphatic heterocycles. The monoisotopic (exact) mass is 469 g/mol. The van der Waals surface area contributed by atoms with Crippen molar-refractivity contribution in [2.75, 3.05) is 25.6 Å². The minimum absolute atomic E-state index is 0.00612. The lowest BCUT2D eigenvalue weighted by Crippen LogP contribution is -2.60. The zero-order valence-electron chi connectivity index (χ0n) is 16.3. The van der Waals surface area contributed by atoms with Crippen molar-refractivity contribution in [2.45, 2.75) is 24.1 Å². The molecule has 1 unspecified atom stereocenters. The number of hydrogen-bond acceptors (Lipinski definition) is 8. The second-order valence-electron chi connectivity index (χ2n) is 7.14. The van der Waals surface area contributed by atoms with Gasteiger partial charge >= 0.3 is 0 Å². The number of aryl methyl sites for hydroxylation is 1. The molecule has 1 fully saturated rings. The van der Waals surface area contributed by atoms with E-state index in [1.807, 2.05) is 13.0 Å². The Balaban J connectivity index is 1.75. The molecule has 9 nitrogen and oxygen atoms in total. The number of pyridine rings is 1. The minimum Gasteiger partial charge on any atom is -0.378 e. The van der Waals surface area contributed by atoms with Crippen LogP contribution in [0, 0.1) is 6.92 Å². The number of aromatic nitrogens is 1. The first-order chi connectivity index (χ1) is 14.1. The van der Waals surface area contributed by atoms with Gasteiger partial charge in [0.2, 0.25) is 16.0 Å². The molecular weight excluding hydrogens is 450 g/mol. The fourth-order valence-corrected chi connectivity index (χ4v) is 7.13. The van der Waals surface area contributed by atoms with Crippen molar-refractivity contribution in [2.24, 2.45) is 10.7 Å². The summed E-state index contributed by atoms with van der Waals surface area (Å²) in [6.45, 7) is 2.11. The molecule has 2 aromatic rings. The SMILES string of the molecule is Cc1cccc(NC(=O)c2cc(Cl)c([C@]34COCCC3S(=O)(=O)N(C)C(N)=N4)s2)n1. The molecule has 2 atom stereocenters. The van der Waals surface area contributed by atoms with Crippen LogP contribution in [0.15, 0.2) is 29.3 Å². The summed E-state index contributed by atoms with van der Waals surface area (Å²) >= 11 is 7.56. The summed E-state index contributed by atoms with van der Waals surface area (Å²) in [5, 5.41) is 2.08. The molecule has 0 aromatic carbocycles. The Labute approximate surface area is 183 Å². The number of anilines is 1. The first-order valence-electron chi connectivity index (χ1n) is 9.11. The highest BCUT2D eigenvalue weighted by atomic mass is 35.5. The zero-order chi connectivity index (χ0) is 21.7. The van der Waals surface area contributed by atoms with Gasteiger partial charge in [-0.15, -0.1) is 11.3 Å². The van der Waals surface area contributed by atoms with Gasteiger partial charge in [0.25, 0.3) is 5.91 Å². The predicted molar refractivity (Wildman–Crippen MR) is 115 cm³/mol. The fraction of sp³-hybridized carbons (Fsp3) is 0.389. The molecule has 0 spiro atoms. The number of carbonyl (C=O) groups is 1. The van der Waals surface area contributed by atoms with Crippen molar-refractivity contribution in [3.8, 4) is 0 Å². The summed E-state index contributed by atoms with van der Waals surface area (Å²) < 4.78 is 32.7. The van der Waals surface area contributed by atoms with Crippen molar-refractivity contribution in [1.82, 2.24) is 9.29 Å². The van der Waals surface area contributed by atoms with Crippen molar-refractivity contribution in [3.05, 3.63) is 44.7 Å². The van der Waals surface area contributed by atoms with Crippen LogP contribution in [-0.4, -0.2) is 55.1 Å². The van der Waals surface area contributed by atoms with Gasteiger partial charge in [-0.1, -0.05) is 17.7 Å². The van der Waals surface area contributed by atoms with Gasteiger partial charge < -0.3 is 15.8 Å². The minimum atomic E-state index is -3.76. The molecule has 0 radical (unpaired) electrons. The molecule has 0 bridgehead atoms. The van der Waals surface area contributed by atoms with E-state index in [1.54, 1.807) is 12.1 Å². The van der Waals surface area contributed by atoms with Crippen LogP contribution in [-0.2, 0) is 20.3 Å². The number of sulfonamides is 1. The van der Waals surface area contributed by atoms with Crippen LogP contribution in [0.2, 0.25) is 5.02 Å². The third kappa shape index (κ3) is 3.35. The van der Waals surface area contributed by atoms with Crippen LogP contribution in [0.4, 0.5) is 5.82 Å². The number of fused-ring (bicyclic) bond motifs is 1. The Morgan fingerprint density at radius 2 is 2.23 bits per heavy atom. The van der Waals surface area contributed by atoms with E-state index in [0.29, 0.717) is 15.6 Å². The highest BCUT2D eigenvalue weighted by Crippen LogP contribution is 2.48. The van der Waals surface area contributed by atoms with Crippen LogP contribution >= 0.6 is 22.9 Å². The molecule has 160 valence electrons. The summed E-state index contributed by atoms with van der Waals surface area (Å²) in [5.41, 5.74) is 5.40. The van der Waals surface area contributed by atoms with Gasteiger partial charge in [-0.2, -0.15) is 0 Å². The van der Waals surface area contributed by atoms with Gasteiger partial charge in [0.05, 0.1) is 21.4 Å². The summed E-state index contributed by atoms with van der Waals surface area (Å²) in [4.78, 5) is 22.3. The van der Waals surface area contributed by atoms with Crippen LogP contribution < -0.4 is 11.1 Å². The summed E-state index contributed by atoms with van der Waals surface area (Å²) in [5.74, 6) is -0.132. The Bertz CT molecular complexity index is 1150. The molecule has 4 rings (SSSR count). The lowest BCUT2D eigenvalue weighted by atomic mass is 9.90. The Hall–Kier alpha value is -2.21. The Kier molecular flexibility index (Phi) is 5.25. The van der Waals surface area contributed by atoms with Crippen LogP contribution in [0.3, 0.4) is 0 Å². The standard InChI is InChI=1S/C18H20ClN5O4S2/c1-10-4-3-5-14(21-10)22-16(25)12-8-11(19)15(29-12)18-9-28-7-6-13(18)30(26,27)24(2)17(20)23-18/h3-5,8,13H,6-7,9H2,1-2H3,(H2,20,23)(H,21,22,25)/t13?,18-/m0/s1. The van der Waals surface area contributed by atoms with E-state index in [9.17, 15) is 13.2 Å². The van der Waals surface area contributed by atoms with Crippen LogP contribution in [0.5, 0.6) is 0 Å². The molecule has 4 heterocycles. The van der Waals surface area contributed by atoms with Crippen molar-refractivity contribution in [3.63, 3.8) is 0 Å². The molecule has 30 heavy (non-hydrogen) atoms. The number of carbonyl (C=O) groups excluding carboxylic acids is 1. The van der Waals surface area contributed by atoms with E-state index in [-0.39, 0.29) is 30.6 Å². The van der Waals surface area contributed by atoms with E-state index >= 15 is 0 Å². The summed E-state index contributed by atoms with van der Waals surface area (Å²) in [6.07, 6.45) is 0.242. The highest BCUT2D eigenvalue weighted by Gasteiger charge is 2.56. The molecule has 2 aromatic heterocycles. The second kappa shape index (κ2) is 7.49. The number of halogens is 1. The molecule has 1 amide bonds. The number of hydrogen-bond donors (Lipinski definition) is 2. The smallest absolute Gasteiger partial charge is 0.266 e. The van der Waals surface area contributed by atoms with E-state index in [4.69, 9.17) is 22.1 Å². The maximum atomic E-state index is 13.0. The zero-order valence-corrected chi connectivity index (χ0v) is 18.6.